The van der Waals surface area contributed by atoms with Gasteiger partial charge in [0.05, 0.1) is 0 Å². The van der Waals surface area contributed by atoms with Crippen molar-refractivity contribution < 1.29 is 18.3 Å². The van der Waals surface area contributed by atoms with Gasteiger partial charge in [0.1, 0.15) is 19.0 Å². The lowest BCUT2D eigenvalue weighted by Gasteiger charge is -2.18. The van der Waals surface area contributed by atoms with Gasteiger partial charge in [0, 0.05) is 6.54 Å². The van der Waals surface area contributed by atoms with Crippen LogP contribution < -0.4 is 14.8 Å². The van der Waals surface area contributed by atoms with E-state index in [1.54, 1.807) is 0 Å². The zero-order valence-corrected chi connectivity index (χ0v) is 13.2. The first-order chi connectivity index (χ1) is 11.8. The van der Waals surface area contributed by atoms with E-state index in [1.165, 1.54) is 0 Å². The number of anilines is 1. The molecule has 0 amide bonds. The van der Waals surface area contributed by atoms with E-state index in [1.807, 2.05) is 37.3 Å². The number of rotatable bonds is 5. The van der Waals surface area contributed by atoms with E-state index in [4.69, 9.17) is 18.3 Å². The zero-order chi connectivity index (χ0) is 16.4. The maximum absolute atomic E-state index is 5.59. The standard InChI is InChI=1S/C17H17N3O4/c1-11-2-4-14(23-11)16-19-20-17(24-16)18-7-6-12-3-5-13-15(10-12)22-9-8-21-13/h2-5,10H,6-9H2,1H3,(H,18,20). The minimum absolute atomic E-state index is 0.366. The fourth-order valence-electron chi connectivity index (χ4n) is 2.50. The maximum Gasteiger partial charge on any atom is 0.315 e. The summed E-state index contributed by atoms with van der Waals surface area (Å²) in [5.74, 6) is 3.33. The van der Waals surface area contributed by atoms with Gasteiger partial charge in [0.25, 0.3) is 5.89 Å². The Morgan fingerprint density at radius 1 is 1.00 bits per heavy atom. The molecule has 4 rings (SSSR count). The van der Waals surface area contributed by atoms with Crippen LogP contribution in [0, 0.1) is 6.92 Å². The second kappa shape index (κ2) is 6.27. The Morgan fingerprint density at radius 3 is 2.71 bits per heavy atom. The van der Waals surface area contributed by atoms with Gasteiger partial charge in [0.15, 0.2) is 17.3 Å². The summed E-state index contributed by atoms with van der Waals surface area (Å²) < 4.78 is 22.1. The van der Waals surface area contributed by atoms with Crippen molar-refractivity contribution in [2.24, 2.45) is 0 Å². The lowest BCUT2D eigenvalue weighted by Crippen LogP contribution is -2.15. The van der Waals surface area contributed by atoms with Crippen molar-refractivity contribution in [2.45, 2.75) is 13.3 Å². The van der Waals surface area contributed by atoms with Crippen LogP contribution in [0.25, 0.3) is 11.7 Å². The van der Waals surface area contributed by atoms with Gasteiger partial charge in [-0.1, -0.05) is 11.2 Å². The van der Waals surface area contributed by atoms with Crippen LogP contribution in [0.15, 0.2) is 39.2 Å². The summed E-state index contributed by atoms with van der Waals surface area (Å²) >= 11 is 0. The molecule has 0 atom stereocenters. The highest BCUT2D eigenvalue weighted by Gasteiger charge is 2.13. The number of aromatic nitrogens is 2. The molecule has 1 aromatic carbocycles. The zero-order valence-electron chi connectivity index (χ0n) is 13.2. The molecule has 7 heteroatoms. The molecule has 7 nitrogen and oxygen atoms in total. The van der Waals surface area contributed by atoms with Crippen molar-refractivity contribution in [1.82, 2.24) is 10.2 Å². The lowest BCUT2D eigenvalue weighted by atomic mass is 10.1. The predicted octanol–water partition coefficient (Wildman–Crippen LogP) is 3.06. The Morgan fingerprint density at radius 2 is 1.88 bits per heavy atom. The second-order valence-electron chi connectivity index (χ2n) is 5.48. The van der Waals surface area contributed by atoms with Crippen LogP contribution in [0.5, 0.6) is 11.5 Å². The Hall–Kier alpha value is -2.96. The van der Waals surface area contributed by atoms with Crippen molar-refractivity contribution in [3.05, 3.63) is 41.7 Å². The van der Waals surface area contributed by atoms with Gasteiger partial charge in [-0.15, -0.1) is 5.10 Å². The number of aryl methyl sites for hydroxylation is 1. The van der Waals surface area contributed by atoms with Crippen molar-refractivity contribution in [3.8, 4) is 23.1 Å². The summed E-state index contributed by atoms with van der Waals surface area (Å²) in [5.41, 5.74) is 1.15. The third kappa shape index (κ3) is 3.05. The quantitative estimate of drug-likeness (QED) is 0.771. The average Bonchev–Trinajstić information content (AvgIpc) is 3.24. The van der Waals surface area contributed by atoms with E-state index < -0.39 is 0 Å². The topological polar surface area (TPSA) is 82.6 Å². The minimum atomic E-state index is 0.366. The normalized spacial score (nSPS) is 13.0. The van der Waals surface area contributed by atoms with E-state index in [0.29, 0.717) is 37.4 Å². The highest BCUT2D eigenvalue weighted by molar-refractivity contribution is 5.46. The van der Waals surface area contributed by atoms with E-state index in [0.717, 1.165) is 29.2 Å². The van der Waals surface area contributed by atoms with E-state index in [9.17, 15) is 0 Å². The second-order valence-corrected chi connectivity index (χ2v) is 5.48. The van der Waals surface area contributed by atoms with Gasteiger partial charge >= 0.3 is 6.01 Å². The van der Waals surface area contributed by atoms with Gasteiger partial charge in [0.2, 0.25) is 0 Å². The van der Waals surface area contributed by atoms with Crippen LogP contribution in [0.1, 0.15) is 11.3 Å². The van der Waals surface area contributed by atoms with Crippen LogP contribution in [0.4, 0.5) is 6.01 Å². The molecule has 2 aromatic heterocycles. The molecule has 24 heavy (non-hydrogen) atoms. The minimum Gasteiger partial charge on any atom is -0.486 e. The van der Waals surface area contributed by atoms with Crippen molar-refractivity contribution >= 4 is 6.01 Å². The Labute approximate surface area is 138 Å². The Kier molecular flexibility index (Phi) is 3.82. The molecule has 0 unspecified atom stereocenters. The number of ether oxygens (including phenoxy) is 2. The van der Waals surface area contributed by atoms with E-state index in [-0.39, 0.29) is 0 Å². The highest BCUT2D eigenvalue weighted by atomic mass is 16.6. The smallest absolute Gasteiger partial charge is 0.315 e. The third-order valence-electron chi connectivity index (χ3n) is 3.67. The molecule has 0 fully saturated rings. The molecular weight excluding hydrogens is 310 g/mol. The van der Waals surface area contributed by atoms with Crippen molar-refractivity contribution in [3.63, 3.8) is 0 Å². The molecule has 0 radical (unpaired) electrons. The fourth-order valence-corrected chi connectivity index (χ4v) is 2.50. The molecule has 3 aromatic rings. The van der Waals surface area contributed by atoms with Crippen LogP contribution in [0.3, 0.4) is 0 Å². The molecular formula is C17H17N3O4. The number of fused-ring (bicyclic) bond motifs is 1. The maximum atomic E-state index is 5.59. The molecule has 0 saturated heterocycles. The van der Waals surface area contributed by atoms with Gasteiger partial charge in [-0.2, -0.15) is 0 Å². The first kappa shape index (κ1) is 14.6. The Bertz CT molecular complexity index is 840. The van der Waals surface area contributed by atoms with Gasteiger partial charge < -0.3 is 23.6 Å². The van der Waals surface area contributed by atoms with Crippen LogP contribution in [0.2, 0.25) is 0 Å². The molecule has 1 N–H and O–H groups in total. The predicted molar refractivity (Wildman–Crippen MR) is 86.4 cm³/mol. The van der Waals surface area contributed by atoms with Gasteiger partial charge in [-0.3, -0.25) is 0 Å². The van der Waals surface area contributed by atoms with Crippen LogP contribution >= 0.6 is 0 Å². The molecule has 0 aliphatic carbocycles. The van der Waals surface area contributed by atoms with Crippen molar-refractivity contribution in [2.75, 3.05) is 25.1 Å². The number of nitrogens with zero attached hydrogens (tertiary/aromatic N) is 2. The summed E-state index contributed by atoms with van der Waals surface area (Å²) in [6.45, 7) is 3.72. The first-order valence-corrected chi connectivity index (χ1v) is 7.81. The molecule has 0 spiro atoms. The summed E-state index contributed by atoms with van der Waals surface area (Å²) in [7, 11) is 0. The Balaban J connectivity index is 1.35. The first-order valence-electron chi connectivity index (χ1n) is 7.81. The molecule has 1 aliphatic rings. The molecule has 3 heterocycles. The average molecular weight is 327 g/mol. The van der Waals surface area contributed by atoms with Crippen molar-refractivity contribution in [1.29, 1.82) is 0 Å². The summed E-state index contributed by atoms with van der Waals surface area (Å²) in [4.78, 5) is 0. The van der Waals surface area contributed by atoms with Gasteiger partial charge in [-0.05, 0) is 43.2 Å². The molecule has 1 aliphatic heterocycles. The largest absolute Gasteiger partial charge is 0.486 e. The van der Waals surface area contributed by atoms with Crippen LogP contribution in [-0.4, -0.2) is 30.0 Å². The third-order valence-corrected chi connectivity index (χ3v) is 3.67. The molecule has 124 valence electrons. The van der Waals surface area contributed by atoms with E-state index >= 15 is 0 Å². The monoisotopic (exact) mass is 327 g/mol. The van der Waals surface area contributed by atoms with Crippen LogP contribution in [-0.2, 0) is 6.42 Å². The fraction of sp³-hybridized carbons (Fsp3) is 0.294. The number of hydrogen-bond acceptors (Lipinski definition) is 7. The summed E-state index contributed by atoms with van der Waals surface area (Å²) in [5, 5.41) is 11.1. The molecule has 0 saturated carbocycles. The number of furan rings is 1. The number of benzene rings is 1. The SMILES string of the molecule is Cc1ccc(-c2nnc(NCCc3ccc4c(c3)OCCO4)o2)o1. The summed E-state index contributed by atoms with van der Waals surface area (Å²) in [6.07, 6.45) is 0.800. The summed E-state index contributed by atoms with van der Waals surface area (Å²) in [6, 6.07) is 10.0. The van der Waals surface area contributed by atoms with E-state index in [2.05, 4.69) is 15.5 Å². The highest BCUT2D eigenvalue weighted by Crippen LogP contribution is 2.30. The number of nitrogens with one attached hydrogen (secondary N) is 1. The molecule has 0 bridgehead atoms. The number of hydrogen-bond donors (Lipinski definition) is 1. The lowest BCUT2D eigenvalue weighted by molar-refractivity contribution is 0.171. The van der Waals surface area contributed by atoms with Gasteiger partial charge in [-0.25, -0.2) is 0 Å².